The molecule has 1 aliphatic heterocycles. The first-order valence-electron chi connectivity index (χ1n) is 9.09. The van der Waals surface area contributed by atoms with Crippen LogP contribution in [-0.2, 0) is 6.42 Å². The molecule has 1 N–H and O–H groups in total. The van der Waals surface area contributed by atoms with Crippen molar-refractivity contribution in [2.75, 3.05) is 44.7 Å². The zero-order valence-corrected chi connectivity index (χ0v) is 16.5. The fraction of sp³-hybridized carbons (Fsp3) is 0.556. The van der Waals surface area contributed by atoms with Crippen LogP contribution in [0.1, 0.15) is 30.5 Å². The van der Waals surface area contributed by atoms with E-state index in [1.807, 2.05) is 13.1 Å². The van der Waals surface area contributed by atoms with Crippen molar-refractivity contribution in [2.24, 2.45) is 4.99 Å². The fourth-order valence-corrected chi connectivity index (χ4v) is 3.78. The second-order valence-electron chi connectivity index (χ2n) is 6.58. The molecule has 26 heavy (non-hydrogen) atoms. The number of hydrogen-bond acceptors (Lipinski definition) is 6. The Hall–Kier alpha value is -2.22. The molecule has 0 aromatic carbocycles. The molecule has 140 valence electrons. The van der Waals surface area contributed by atoms with Gasteiger partial charge in [0, 0.05) is 69.9 Å². The summed E-state index contributed by atoms with van der Waals surface area (Å²) in [7, 11) is 1.84. The van der Waals surface area contributed by atoms with Crippen molar-refractivity contribution in [3.05, 3.63) is 34.5 Å². The molecule has 1 fully saturated rings. The summed E-state index contributed by atoms with van der Waals surface area (Å²) in [6.45, 7) is 8.82. The smallest absolute Gasteiger partial charge is 0.225 e. The molecule has 2 aromatic rings. The first kappa shape index (κ1) is 18.6. The third-order valence-corrected chi connectivity index (χ3v) is 5.55. The van der Waals surface area contributed by atoms with Gasteiger partial charge in [0.05, 0.1) is 10.7 Å². The molecule has 8 heteroatoms. The zero-order chi connectivity index (χ0) is 18.4. The van der Waals surface area contributed by atoms with E-state index in [0.29, 0.717) is 5.92 Å². The third-order valence-electron chi connectivity index (χ3n) is 4.35. The Bertz CT molecular complexity index is 705. The summed E-state index contributed by atoms with van der Waals surface area (Å²) in [5.41, 5.74) is 1.16. The van der Waals surface area contributed by atoms with Gasteiger partial charge in [-0.3, -0.25) is 4.99 Å². The van der Waals surface area contributed by atoms with Crippen molar-refractivity contribution in [1.29, 1.82) is 0 Å². The van der Waals surface area contributed by atoms with E-state index >= 15 is 0 Å². The van der Waals surface area contributed by atoms with Crippen molar-refractivity contribution in [2.45, 2.75) is 26.2 Å². The number of thiazole rings is 1. The normalized spacial score (nSPS) is 15.6. The van der Waals surface area contributed by atoms with Crippen LogP contribution in [0.4, 0.5) is 5.95 Å². The van der Waals surface area contributed by atoms with Gasteiger partial charge in [-0.25, -0.2) is 15.0 Å². The number of anilines is 1. The average molecular weight is 374 g/mol. The predicted octanol–water partition coefficient (Wildman–Crippen LogP) is 2.00. The SMILES string of the molecule is CN=C(NCCc1csc(C(C)C)n1)N1CCN(c2ncccn2)CC1. The van der Waals surface area contributed by atoms with Gasteiger partial charge in [-0.15, -0.1) is 11.3 Å². The summed E-state index contributed by atoms with van der Waals surface area (Å²) in [5.74, 6) is 2.26. The summed E-state index contributed by atoms with van der Waals surface area (Å²) in [6, 6.07) is 1.85. The van der Waals surface area contributed by atoms with E-state index in [0.717, 1.165) is 56.7 Å². The van der Waals surface area contributed by atoms with Crippen molar-refractivity contribution < 1.29 is 0 Å². The molecule has 3 heterocycles. The highest BCUT2D eigenvalue weighted by atomic mass is 32.1. The Morgan fingerprint density at radius 1 is 1.23 bits per heavy atom. The van der Waals surface area contributed by atoms with Gasteiger partial charge in [0.2, 0.25) is 5.95 Å². The monoisotopic (exact) mass is 373 g/mol. The number of rotatable bonds is 5. The standard InChI is InChI=1S/C18H27N7S/c1-14(2)16-23-15(13-26-16)5-8-22-17(19-3)24-9-11-25(12-10-24)18-20-6-4-7-21-18/h4,6-7,13-14H,5,8-12H2,1-3H3,(H,19,22). The Labute approximate surface area is 159 Å². The lowest BCUT2D eigenvalue weighted by Gasteiger charge is -2.36. The molecule has 0 atom stereocenters. The first-order valence-corrected chi connectivity index (χ1v) is 9.97. The molecule has 1 aliphatic rings. The fourth-order valence-electron chi connectivity index (χ4n) is 2.91. The molecule has 3 rings (SSSR count). The van der Waals surface area contributed by atoms with Crippen molar-refractivity contribution in [3.8, 4) is 0 Å². The Morgan fingerprint density at radius 3 is 2.58 bits per heavy atom. The summed E-state index contributed by atoms with van der Waals surface area (Å²) in [5, 5.41) is 6.85. The van der Waals surface area contributed by atoms with Crippen LogP contribution in [0.2, 0.25) is 0 Å². The van der Waals surface area contributed by atoms with E-state index in [4.69, 9.17) is 4.98 Å². The molecule has 0 saturated carbocycles. The van der Waals surface area contributed by atoms with E-state index in [-0.39, 0.29) is 0 Å². The zero-order valence-electron chi connectivity index (χ0n) is 15.7. The Morgan fingerprint density at radius 2 is 1.96 bits per heavy atom. The quantitative estimate of drug-likeness (QED) is 0.639. The molecule has 0 radical (unpaired) electrons. The summed E-state index contributed by atoms with van der Waals surface area (Å²) in [4.78, 5) is 22.3. The van der Waals surface area contributed by atoms with Gasteiger partial charge >= 0.3 is 0 Å². The largest absolute Gasteiger partial charge is 0.356 e. The van der Waals surface area contributed by atoms with Gasteiger partial charge in [0.15, 0.2) is 5.96 Å². The van der Waals surface area contributed by atoms with Gasteiger partial charge < -0.3 is 15.1 Å². The van der Waals surface area contributed by atoms with Crippen molar-refractivity contribution >= 4 is 23.2 Å². The molecule has 0 bridgehead atoms. The lowest BCUT2D eigenvalue weighted by atomic mass is 10.2. The molecule has 2 aromatic heterocycles. The summed E-state index contributed by atoms with van der Waals surface area (Å²) < 4.78 is 0. The summed E-state index contributed by atoms with van der Waals surface area (Å²) in [6.07, 6.45) is 4.50. The maximum Gasteiger partial charge on any atom is 0.225 e. The van der Waals surface area contributed by atoms with Crippen LogP contribution < -0.4 is 10.2 Å². The van der Waals surface area contributed by atoms with Crippen LogP contribution in [0.3, 0.4) is 0 Å². The number of aromatic nitrogens is 3. The number of hydrogen-bond donors (Lipinski definition) is 1. The molecule has 1 saturated heterocycles. The first-order chi connectivity index (χ1) is 12.7. The van der Waals surface area contributed by atoms with E-state index < -0.39 is 0 Å². The van der Waals surface area contributed by atoms with Crippen LogP contribution in [0.5, 0.6) is 0 Å². The third kappa shape index (κ3) is 4.69. The minimum Gasteiger partial charge on any atom is -0.356 e. The highest BCUT2D eigenvalue weighted by Gasteiger charge is 2.20. The Balaban J connectivity index is 1.46. The van der Waals surface area contributed by atoms with Gasteiger partial charge in [-0.1, -0.05) is 13.8 Å². The van der Waals surface area contributed by atoms with Gasteiger partial charge in [-0.2, -0.15) is 0 Å². The van der Waals surface area contributed by atoms with Crippen LogP contribution >= 0.6 is 11.3 Å². The van der Waals surface area contributed by atoms with Gasteiger partial charge in [-0.05, 0) is 6.07 Å². The van der Waals surface area contributed by atoms with Crippen molar-refractivity contribution in [3.63, 3.8) is 0 Å². The predicted molar refractivity (Wildman–Crippen MR) is 107 cm³/mol. The maximum atomic E-state index is 4.69. The molecular weight excluding hydrogens is 346 g/mol. The minimum atomic E-state index is 0.499. The molecule has 0 aliphatic carbocycles. The average Bonchev–Trinajstić information content (AvgIpc) is 3.15. The summed E-state index contributed by atoms with van der Waals surface area (Å²) >= 11 is 1.75. The maximum absolute atomic E-state index is 4.69. The molecular formula is C18H27N7S. The second kappa shape index (κ2) is 8.93. The topological polar surface area (TPSA) is 69.5 Å². The van der Waals surface area contributed by atoms with E-state index in [9.17, 15) is 0 Å². The number of aliphatic imine (C=N–C) groups is 1. The molecule has 0 unspecified atom stereocenters. The molecule has 0 spiro atoms. The van der Waals surface area contributed by atoms with Crippen molar-refractivity contribution in [1.82, 2.24) is 25.2 Å². The van der Waals surface area contributed by atoms with E-state index in [2.05, 4.69) is 49.3 Å². The van der Waals surface area contributed by atoms with Crippen LogP contribution in [-0.4, -0.2) is 65.6 Å². The van der Waals surface area contributed by atoms with Gasteiger partial charge in [0.25, 0.3) is 0 Å². The number of nitrogens with one attached hydrogen (secondary N) is 1. The second-order valence-corrected chi connectivity index (χ2v) is 7.47. The van der Waals surface area contributed by atoms with E-state index in [1.165, 1.54) is 5.01 Å². The highest BCUT2D eigenvalue weighted by Crippen LogP contribution is 2.19. The number of guanidine groups is 1. The van der Waals surface area contributed by atoms with Crippen LogP contribution in [0.25, 0.3) is 0 Å². The molecule has 0 amide bonds. The van der Waals surface area contributed by atoms with E-state index in [1.54, 1.807) is 23.7 Å². The lowest BCUT2D eigenvalue weighted by Crippen LogP contribution is -2.53. The molecule has 7 nitrogen and oxygen atoms in total. The highest BCUT2D eigenvalue weighted by molar-refractivity contribution is 7.09. The number of piperazine rings is 1. The number of nitrogens with zero attached hydrogens (tertiary/aromatic N) is 6. The van der Waals surface area contributed by atoms with Gasteiger partial charge in [0.1, 0.15) is 0 Å². The minimum absolute atomic E-state index is 0.499. The lowest BCUT2D eigenvalue weighted by molar-refractivity contribution is 0.370. The van der Waals surface area contributed by atoms with Crippen LogP contribution in [0.15, 0.2) is 28.8 Å². The Kier molecular flexibility index (Phi) is 6.38. The van der Waals surface area contributed by atoms with Crippen LogP contribution in [0, 0.1) is 0 Å².